The predicted molar refractivity (Wildman–Crippen MR) is 116 cm³/mol. The quantitative estimate of drug-likeness (QED) is 0.640. The number of rotatable bonds is 7. The number of carbonyl (C=O) groups excluding carboxylic acids is 1. The van der Waals surface area contributed by atoms with Gasteiger partial charge in [-0.2, -0.15) is 0 Å². The van der Waals surface area contributed by atoms with Crippen LogP contribution in [-0.2, 0) is 19.6 Å². The number of urea groups is 1. The zero-order valence-corrected chi connectivity index (χ0v) is 17.7. The topological polar surface area (TPSA) is 72.3 Å². The molecular weight excluding hydrogens is 378 g/mol. The summed E-state index contributed by atoms with van der Waals surface area (Å²) in [5, 5.41) is 2.99. The Bertz CT molecular complexity index is 1010. The van der Waals surface area contributed by atoms with E-state index in [0.29, 0.717) is 19.0 Å². The van der Waals surface area contributed by atoms with Gasteiger partial charge in [0.25, 0.3) is 0 Å². The van der Waals surface area contributed by atoms with Gasteiger partial charge < -0.3 is 19.5 Å². The minimum Gasteiger partial charge on any atom is -0.474 e. The molecule has 1 aliphatic rings. The molecule has 4 rings (SSSR count). The Morgan fingerprint density at radius 2 is 2.03 bits per heavy atom. The third kappa shape index (κ3) is 4.40. The van der Waals surface area contributed by atoms with E-state index in [1.165, 1.54) is 12.8 Å². The third-order valence-corrected chi connectivity index (χ3v) is 5.64. The van der Waals surface area contributed by atoms with Gasteiger partial charge in [0.05, 0.1) is 17.6 Å². The molecule has 1 fully saturated rings. The maximum atomic E-state index is 12.7. The molecule has 2 amide bonds. The molecule has 2 aromatic heterocycles. The van der Waals surface area contributed by atoms with E-state index in [0.717, 1.165) is 41.8 Å². The van der Waals surface area contributed by atoms with Crippen LogP contribution in [-0.4, -0.2) is 38.6 Å². The van der Waals surface area contributed by atoms with Crippen LogP contribution in [0.15, 0.2) is 42.6 Å². The van der Waals surface area contributed by atoms with Crippen LogP contribution < -0.4 is 10.1 Å². The summed E-state index contributed by atoms with van der Waals surface area (Å²) >= 11 is 0. The highest BCUT2D eigenvalue weighted by atomic mass is 16.5. The summed E-state index contributed by atoms with van der Waals surface area (Å²) in [7, 11) is 1.79. The van der Waals surface area contributed by atoms with Crippen molar-refractivity contribution in [2.24, 2.45) is 0 Å². The molecule has 0 atom stereocenters. The number of nitrogens with one attached hydrogen (secondary N) is 1. The van der Waals surface area contributed by atoms with Crippen molar-refractivity contribution in [1.82, 2.24) is 24.8 Å². The van der Waals surface area contributed by atoms with Crippen molar-refractivity contribution in [2.45, 2.75) is 58.3 Å². The Labute approximate surface area is 177 Å². The Morgan fingerprint density at radius 1 is 1.23 bits per heavy atom. The lowest BCUT2D eigenvalue weighted by atomic mass is 10.2. The first kappa shape index (κ1) is 20.2. The standard InChI is InChI=1S/C23H29N5O2/c1-3-28-20-13-7-6-12-19(20)26-21(28)16-27(2)23(29)25-15-17-9-8-14-24-22(17)30-18-10-4-5-11-18/h6-9,12-14,18H,3-5,10-11,15-16H2,1-2H3,(H,25,29). The van der Waals surface area contributed by atoms with Crippen molar-refractivity contribution >= 4 is 17.1 Å². The van der Waals surface area contributed by atoms with E-state index in [9.17, 15) is 4.79 Å². The van der Waals surface area contributed by atoms with Gasteiger partial charge in [-0.05, 0) is 50.8 Å². The number of ether oxygens (including phenoxy) is 1. The van der Waals surface area contributed by atoms with E-state index in [1.807, 2.05) is 30.3 Å². The second kappa shape index (κ2) is 9.15. The smallest absolute Gasteiger partial charge is 0.317 e. The van der Waals surface area contributed by atoms with Gasteiger partial charge in [0, 0.05) is 31.9 Å². The fourth-order valence-electron chi connectivity index (χ4n) is 4.02. The highest BCUT2D eigenvalue weighted by Crippen LogP contribution is 2.25. The van der Waals surface area contributed by atoms with Crippen molar-refractivity contribution in [3.8, 4) is 5.88 Å². The molecule has 1 aromatic carbocycles. The molecule has 0 aliphatic heterocycles. The van der Waals surface area contributed by atoms with Crippen LogP contribution >= 0.6 is 0 Å². The number of amides is 2. The monoisotopic (exact) mass is 407 g/mol. The van der Waals surface area contributed by atoms with E-state index in [-0.39, 0.29) is 12.1 Å². The first-order valence-corrected chi connectivity index (χ1v) is 10.7. The normalized spacial score (nSPS) is 14.2. The number of aryl methyl sites for hydroxylation is 1. The van der Waals surface area contributed by atoms with Crippen molar-refractivity contribution in [2.75, 3.05) is 7.05 Å². The number of imidazole rings is 1. The van der Waals surface area contributed by atoms with Crippen LogP contribution in [0.2, 0.25) is 0 Å². The van der Waals surface area contributed by atoms with E-state index in [1.54, 1.807) is 18.1 Å². The molecule has 3 aromatic rings. The number of hydrogen-bond donors (Lipinski definition) is 1. The highest BCUT2D eigenvalue weighted by Gasteiger charge is 2.19. The molecule has 1 saturated carbocycles. The molecule has 7 heteroatoms. The number of para-hydroxylation sites is 2. The first-order valence-electron chi connectivity index (χ1n) is 10.7. The Hall–Kier alpha value is -3.09. The second-order valence-electron chi connectivity index (χ2n) is 7.77. The molecule has 0 saturated heterocycles. The number of pyridine rings is 1. The summed E-state index contributed by atoms with van der Waals surface area (Å²) in [6.45, 7) is 3.71. The number of aromatic nitrogens is 3. The minimum atomic E-state index is -0.152. The molecule has 30 heavy (non-hydrogen) atoms. The van der Waals surface area contributed by atoms with Crippen LogP contribution in [0.1, 0.15) is 44.0 Å². The Morgan fingerprint density at radius 3 is 2.83 bits per heavy atom. The number of hydrogen-bond acceptors (Lipinski definition) is 4. The molecule has 2 heterocycles. The summed E-state index contributed by atoms with van der Waals surface area (Å²) in [4.78, 5) is 23.4. The van der Waals surface area contributed by atoms with Gasteiger partial charge >= 0.3 is 6.03 Å². The molecular formula is C23H29N5O2. The SMILES string of the molecule is CCn1c(CN(C)C(=O)NCc2cccnc2OC2CCCC2)nc2ccccc21. The third-order valence-electron chi connectivity index (χ3n) is 5.64. The summed E-state index contributed by atoms with van der Waals surface area (Å²) in [5.74, 6) is 1.50. The van der Waals surface area contributed by atoms with E-state index < -0.39 is 0 Å². The van der Waals surface area contributed by atoms with Gasteiger partial charge in [0.2, 0.25) is 5.88 Å². The number of fused-ring (bicyclic) bond motifs is 1. The number of nitrogens with zero attached hydrogens (tertiary/aromatic N) is 4. The van der Waals surface area contributed by atoms with Crippen LogP contribution in [0.3, 0.4) is 0 Å². The van der Waals surface area contributed by atoms with Gasteiger partial charge in [-0.15, -0.1) is 0 Å². The van der Waals surface area contributed by atoms with Crippen molar-refractivity contribution in [3.63, 3.8) is 0 Å². The van der Waals surface area contributed by atoms with E-state index in [4.69, 9.17) is 9.72 Å². The van der Waals surface area contributed by atoms with Crippen LogP contribution in [0.5, 0.6) is 5.88 Å². The van der Waals surface area contributed by atoms with Crippen molar-refractivity contribution in [3.05, 3.63) is 54.0 Å². The zero-order chi connectivity index (χ0) is 20.9. The molecule has 1 aliphatic carbocycles. The predicted octanol–water partition coefficient (Wildman–Crippen LogP) is 4.11. The first-order chi connectivity index (χ1) is 14.7. The van der Waals surface area contributed by atoms with E-state index in [2.05, 4.69) is 27.9 Å². The lowest BCUT2D eigenvalue weighted by Crippen LogP contribution is -2.37. The molecule has 158 valence electrons. The van der Waals surface area contributed by atoms with Gasteiger partial charge in [-0.3, -0.25) is 0 Å². The molecule has 0 bridgehead atoms. The fraction of sp³-hybridized carbons (Fsp3) is 0.435. The summed E-state index contributed by atoms with van der Waals surface area (Å²) in [6.07, 6.45) is 6.52. The Balaban J connectivity index is 1.39. The van der Waals surface area contributed by atoms with Crippen LogP contribution in [0.4, 0.5) is 4.79 Å². The zero-order valence-electron chi connectivity index (χ0n) is 17.7. The Kier molecular flexibility index (Phi) is 6.16. The second-order valence-corrected chi connectivity index (χ2v) is 7.77. The average Bonchev–Trinajstić information content (AvgIpc) is 3.39. The summed E-state index contributed by atoms with van der Waals surface area (Å²) in [5.41, 5.74) is 2.94. The molecule has 0 unspecified atom stereocenters. The maximum Gasteiger partial charge on any atom is 0.317 e. The van der Waals surface area contributed by atoms with E-state index >= 15 is 0 Å². The van der Waals surface area contributed by atoms with Crippen molar-refractivity contribution < 1.29 is 9.53 Å². The largest absolute Gasteiger partial charge is 0.474 e. The van der Waals surface area contributed by atoms with Crippen LogP contribution in [0.25, 0.3) is 11.0 Å². The molecule has 0 radical (unpaired) electrons. The lowest BCUT2D eigenvalue weighted by Gasteiger charge is -2.19. The lowest BCUT2D eigenvalue weighted by molar-refractivity contribution is 0.196. The summed E-state index contributed by atoms with van der Waals surface area (Å²) in [6, 6.07) is 11.7. The van der Waals surface area contributed by atoms with Gasteiger partial charge in [-0.1, -0.05) is 18.2 Å². The molecule has 0 spiro atoms. The number of carbonyl (C=O) groups is 1. The van der Waals surface area contributed by atoms with Gasteiger partial charge in [0.1, 0.15) is 11.9 Å². The average molecular weight is 408 g/mol. The van der Waals surface area contributed by atoms with Gasteiger partial charge in [0.15, 0.2) is 0 Å². The van der Waals surface area contributed by atoms with Crippen LogP contribution in [0, 0.1) is 0 Å². The minimum absolute atomic E-state index is 0.152. The highest BCUT2D eigenvalue weighted by molar-refractivity contribution is 5.76. The molecule has 7 nitrogen and oxygen atoms in total. The van der Waals surface area contributed by atoms with Gasteiger partial charge in [-0.25, -0.2) is 14.8 Å². The maximum absolute atomic E-state index is 12.7. The summed E-state index contributed by atoms with van der Waals surface area (Å²) < 4.78 is 8.22. The fourth-order valence-corrected chi connectivity index (χ4v) is 4.02. The number of benzene rings is 1. The molecule has 1 N–H and O–H groups in total. The van der Waals surface area contributed by atoms with Crippen molar-refractivity contribution in [1.29, 1.82) is 0 Å².